The average molecular weight is 326 g/mol. The van der Waals surface area contributed by atoms with Gasteiger partial charge in [0.05, 0.1) is 13.0 Å². The highest BCUT2D eigenvalue weighted by atomic mass is 35.5. The van der Waals surface area contributed by atoms with Crippen molar-refractivity contribution in [3.05, 3.63) is 34.6 Å². The van der Waals surface area contributed by atoms with Gasteiger partial charge in [-0.15, -0.1) is 0 Å². The van der Waals surface area contributed by atoms with Crippen molar-refractivity contribution >= 4 is 17.5 Å². The van der Waals surface area contributed by atoms with E-state index in [1.165, 1.54) is 12.1 Å². The van der Waals surface area contributed by atoms with Gasteiger partial charge in [-0.1, -0.05) is 25.4 Å². The summed E-state index contributed by atoms with van der Waals surface area (Å²) in [6.45, 7) is 5.77. The van der Waals surface area contributed by atoms with Crippen molar-refractivity contribution in [1.82, 2.24) is 4.90 Å². The molecule has 1 aliphatic carbocycles. The Hall–Kier alpha value is -1.13. The van der Waals surface area contributed by atoms with Gasteiger partial charge in [-0.2, -0.15) is 0 Å². The zero-order chi connectivity index (χ0) is 16.1. The summed E-state index contributed by atoms with van der Waals surface area (Å²) in [5.74, 6) is -0.116. The SMILES string of the molecule is CC1(C)C[C@]2(CO)CN(C(=O)Cc3cc(F)cc(Cl)c3)C[C@H]12. The maximum absolute atomic E-state index is 13.4. The monoisotopic (exact) mass is 325 g/mol. The number of hydrogen-bond donors (Lipinski definition) is 1. The Bertz CT molecular complexity index is 598. The van der Waals surface area contributed by atoms with Crippen LogP contribution in [0.5, 0.6) is 0 Å². The summed E-state index contributed by atoms with van der Waals surface area (Å²) in [5, 5.41) is 10.0. The Morgan fingerprint density at radius 2 is 2.18 bits per heavy atom. The summed E-state index contributed by atoms with van der Waals surface area (Å²) in [6, 6.07) is 4.20. The van der Waals surface area contributed by atoms with E-state index < -0.39 is 5.82 Å². The van der Waals surface area contributed by atoms with Crippen molar-refractivity contribution in [3.8, 4) is 0 Å². The number of aliphatic hydroxyl groups excluding tert-OH is 1. The van der Waals surface area contributed by atoms with Gasteiger partial charge in [0, 0.05) is 23.5 Å². The Morgan fingerprint density at radius 3 is 2.73 bits per heavy atom. The lowest BCUT2D eigenvalue weighted by atomic mass is 9.48. The summed E-state index contributed by atoms with van der Waals surface area (Å²) in [4.78, 5) is 14.3. The lowest BCUT2D eigenvalue weighted by Crippen LogP contribution is -2.54. The van der Waals surface area contributed by atoms with Gasteiger partial charge in [0.25, 0.3) is 0 Å². The number of halogens is 2. The number of benzene rings is 1. The van der Waals surface area contributed by atoms with Crippen LogP contribution in [0, 0.1) is 22.6 Å². The lowest BCUT2D eigenvalue weighted by molar-refractivity contribution is -0.130. The van der Waals surface area contributed by atoms with E-state index in [1.54, 1.807) is 6.07 Å². The number of aliphatic hydroxyl groups is 1. The molecule has 22 heavy (non-hydrogen) atoms. The third kappa shape index (κ3) is 2.52. The van der Waals surface area contributed by atoms with Crippen LogP contribution in [-0.2, 0) is 11.2 Å². The molecule has 1 aromatic carbocycles. The Balaban J connectivity index is 1.72. The minimum atomic E-state index is -0.426. The van der Waals surface area contributed by atoms with Crippen LogP contribution in [0.25, 0.3) is 0 Å². The van der Waals surface area contributed by atoms with Gasteiger partial charge in [-0.25, -0.2) is 4.39 Å². The Kier molecular flexibility index (Phi) is 3.73. The van der Waals surface area contributed by atoms with Crippen molar-refractivity contribution in [2.24, 2.45) is 16.7 Å². The second-order valence-corrected chi connectivity index (χ2v) is 7.90. The predicted octanol–water partition coefficient (Wildman–Crippen LogP) is 2.89. The average Bonchev–Trinajstić information content (AvgIpc) is 2.73. The van der Waals surface area contributed by atoms with Crippen molar-refractivity contribution in [1.29, 1.82) is 0 Å². The van der Waals surface area contributed by atoms with Crippen LogP contribution >= 0.6 is 11.6 Å². The molecular weight excluding hydrogens is 305 g/mol. The van der Waals surface area contributed by atoms with Gasteiger partial charge in [-0.3, -0.25) is 4.79 Å². The molecule has 3 rings (SSSR count). The predicted molar refractivity (Wildman–Crippen MR) is 83.1 cm³/mol. The minimum absolute atomic E-state index is 0.0281. The molecule has 2 fully saturated rings. The lowest BCUT2D eigenvalue weighted by Gasteiger charge is -2.55. The molecular formula is C17H21ClFNO2. The molecule has 2 atom stereocenters. The number of hydrogen-bond acceptors (Lipinski definition) is 2. The first-order chi connectivity index (χ1) is 10.3. The highest BCUT2D eigenvalue weighted by Gasteiger charge is 2.62. The maximum Gasteiger partial charge on any atom is 0.227 e. The number of carbonyl (C=O) groups is 1. The van der Waals surface area contributed by atoms with Gasteiger partial charge in [0.1, 0.15) is 5.82 Å². The zero-order valence-corrected chi connectivity index (χ0v) is 13.7. The van der Waals surface area contributed by atoms with E-state index in [0.717, 1.165) is 6.42 Å². The molecule has 1 saturated heterocycles. The molecule has 1 heterocycles. The molecule has 120 valence electrons. The quantitative estimate of drug-likeness (QED) is 0.928. The van der Waals surface area contributed by atoms with Crippen LogP contribution in [0.4, 0.5) is 4.39 Å². The number of rotatable bonds is 3. The van der Waals surface area contributed by atoms with Crippen LogP contribution in [0.15, 0.2) is 18.2 Å². The van der Waals surface area contributed by atoms with Gasteiger partial charge in [-0.05, 0) is 41.5 Å². The first-order valence-electron chi connectivity index (χ1n) is 7.59. The molecule has 2 aliphatic rings. The van der Waals surface area contributed by atoms with Crippen LogP contribution in [0.1, 0.15) is 25.8 Å². The standard InChI is InChI=1S/C17H21ClFNO2/c1-16(2)8-17(10-21)9-20(7-14(16)17)15(22)5-11-3-12(18)6-13(19)4-11/h3-4,6,14,21H,5,7-10H2,1-2H3/t14-,17-/m1/s1. The number of fused-ring (bicyclic) bond motifs is 1. The summed E-state index contributed by atoms with van der Waals surface area (Å²) in [6.07, 6.45) is 1.09. The number of carbonyl (C=O) groups excluding carboxylic acids is 1. The van der Waals surface area contributed by atoms with Gasteiger partial charge >= 0.3 is 0 Å². The largest absolute Gasteiger partial charge is 0.396 e. The molecule has 0 aromatic heterocycles. The molecule has 1 aliphatic heterocycles. The number of likely N-dealkylation sites (tertiary alicyclic amines) is 1. The van der Waals surface area contributed by atoms with Crippen LogP contribution in [-0.4, -0.2) is 35.6 Å². The van der Waals surface area contributed by atoms with E-state index in [0.29, 0.717) is 29.6 Å². The van der Waals surface area contributed by atoms with Crippen LogP contribution in [0.3, 0.4) is 0 Å². The first-order valence-corrected chi connectivity index (χ1v) is 7.97. The molecule has 0 radical (unpaired) electrons. The van der Waals surface area contributed by atoms with Gasteiger partial charge in [0.15, 0.2) is 0 Å². The van der Waals surface area contributed by atoms with E-state index in [2.05, 4.69) is 13.8 Å². The van der Waals surface area contributed by atoms with Gasteiger partial charge < -0.3 is 10.0 Å². The van der Waals surface area contributed by atoms with Crippen molar-refractivity contribution in [3.63, 3.8) is 0 Å². The fourth-order valence-electron chi connectivity index (χ4n) is 4.53. The Labute approximate surface area is 135 Å². The summed E-state index contributed by atoms with van der Waals surface area (Å²) < 4.78 is 13.4. The van der Waals surface area contributed by atoms with Gasteiger partial charge in [0.2, 0.25) is 5.91 Å². The highest BCUT2D eigenvalue weighted by molar-refractivity contribution is 6.30. The number of amides is 1. The Morgan fingerprint density at radius 1 is 1.45 bits per heavy atom. The molecule has 1 amide bonds. The fraction of sp³-hybridized carbons (Fsp3) is 0.588. The maximum atomic E-state index is 13.4. The normalized spacial score (nSPS) is 29.1. The second kappa shape index (κ2) is 5.20. The molecule has 3 nitrogen and oxygen atoms in total. The summed E-state index contributed by atoms with van der Waals surface area (Å²) in [5.41, 5.74) is 0.616. The van der Waals surface area contributed by atoms with E-state index in [1.807, 2.05) is 4.90 Å². The van der Waals surface area contributed by atoms with Crippen LogP contribution in [0.2, 0.25) is 5.02 Å². The summed E-state index contributed by atoms with van der Waals surface area (Å²) in [7, 11) is 0. The molecule has 1 saturated carbocycles. The fourth-order valence-corrected chi connectivity index (χ4v) is 4.77. The zero-order valence-electron chi connectivity index (χ0n) is 12.9. The smallest absolute Gasteiger partial charge is 0.227 e. The second-order valence-electron chi connectivity index (χ2n) is 7.47. The first kappa shape index (κ1) is 15.8. The third-order valence-corrected chi connectivity index (χ3v) is 5.56. The van der Waals surface area contributed by atoms with Crippen molar-refractivity contribution in [2.45, 2.75) is 26.7 Å². The molecule has 5 heteroatoms. The van der Waals surface area contributed by atoms with E-state index >= 15 is 0 Å². The molecule has 1 aromatic rings. The van der Waals surface area contributed by atoms with E-state index in [9.17, 15) is 14.3 Å². The molecule has 1 N–H and O–H groups in total. The molecule has 0 spiro atoms. The minimum Gasteiger partial charge on any atom is -0.396 e. The topological polar surface area (TPSA) is 40.5 Å². The molecule has 0 bridgehead atoms. The van der Waals surface area contributed by atoms with E-state index in [-0.39, 0.29) is 29.8 Å². The van der Waals surface area contributed by atoms with Crippen LogP contribution < -0.4 is 0 Å². The van der Waals surface area contributed by atoms with Crippen molar-refractivity contribution in [2.75, 3.05) is 19.7 Å². The summed E-state index contributed by atoms with van der Waals surface area (Å²) >= 11 is 5.83. The van der Waals surface area contributed by atoms with Crippen molar-refractivity contribution < 1.29 is 14.3 Å². The molecule has 0 unspecified atom stereocenters. The third-order valence-electron chi connectivity index (χ3n) is 5.34. The number of nitrogens with zero attached hydrogens (tertiary/aromatic N) is 1. The van der Waals surface area contributed by atoms with E-state index in [4.69, 9.17) is 11.6 Å². The highest BCUT2D eigenvalue weighted by Crippen LogP contribution is 2.62.